The molecule has 6 heteroatoms. The van der Waals surface area contributed by atoms with E-state index in [2.05, 4.69) is 54.6 Å². The minimum absolute atomic E-state index is 0.199. The highest BCUT2D eigenvalue weighted by Gasteiger charge is 2.22. The summed E-state index contributed by atoms with van der Waals surface area (Å²) in [6, 6.07) is 6.38. The van der Waals surface area contributed by atoms with Crippen LogP contribution in [0.3, 0.4) is 0 Å². The number of benzene rings is 1. The van der Waals surface area contributed by atoms with E-state index in [1.807, 2.05) is 0 Å². The number of aryl methyl sites for hydroxylation is 1. The van der Waals surface area contributed by atoms with Crippen LogP contribution in [0.1, 0.15) is 30.9 Å². The Morgan fingerprint density at radius 2 is 2.19 bits per heavy atom. The predicted octanol–water partition coefficient (Wildman–Crippen LogP) is 2.17. The van der Waals surface area contributed by atoms with Crippen LogP contribution in [0.5, 0.6) is 5.75 Å². The molecule has 1 saturated heterocycles. The molecular weight excluding hydrogens is 340 g/mol. The number of aliphatic imine (C=N–C) groups is 1. The molecule has 0 bridgehead atoms. The van der Waals surface area contributed by atoms with Crippen molar-refractivity contribution in [2.24, 2.45) is 10.9 Å². The van der Waals surface area contributed by atoms with Gasteiger partial charge in [0.1, 0.15) is 5.75 Å². The molecule has 27 heavy (non-hydrogen) atoms. The SMILES string of the molecule is CCNC(=NCc1ccc(C)cc1OCC1CC1)NCC1CN(C)CCO1. The maximum Gasteiger partial charge on any atom is 0.191 e. The molecule has 1 aromatic carbocycles. The Morgan fingerprint density at radius 1 is 1.33 bits per heavy atom. The second-order valence-electron chi connectivity index (χ2n) is 7.70. The summed E-state index contributed by atoms with van der Waals surface area (Å²) in [5, 5.41) is 6.74. The molecule has 1 heterocycles. The van der Waals surface area contributed by atoms with Crippen molar-refractivity contribution in [3.8, 4) is 5.75 Å². The van der Waals surface area contributed by atoms with Crippen molar-refractivity contribution in [3.63, 3.8) is 0 Å². The summed E-state index contributed by atoms with van der Waals surface area (Å²) in [6.45, 7) is 9.94. The Morgan fingerprint density at radius 3 is 2.93 bits per heavy atom. The number of rotatable bonds is 8. The first kappa shape index (κ1) is 20.0. The molecule has 1 unspecified atom stereocenters. The van der Waals surface area contributed by atoms with Crippen LogP contribution in [-0.2, 0) is 11.3 Å². The Bertz CT molecular complexity index is 631. The van der Waals surface area contributed by atoms with E-state index in [0.717, 1.165) is 62.6 Å². The number of nitrogens with zero attached hydrogens (tertiary/aromatic N) is 2. The predicted molar refractivity (Wildman–Crippen MR) is 109 cm³/mol. The first-order chi connectivity index (χ1) is 13.1. The van der Waals surface area contributed by atoms with Crippen molar-refractivity contribution in [1.82, 2.24) is 15.5 Å². The Labute approximate surface area is 163 Å². The lowest BCUT2D eigenvalue weighted by Crippen LogP contribution is -2.48. The van der Waals surface area contributed by atoms with Gasteiger partial charge in [0.2, 0.25) is 0 Å². The Hall–Kier alpha value is -1.79. The number of likely N-dealkylation sites (N-methyl/N-ethyl adjacent to an activating group) is 1. The Balaban J connectivity index is 1.58. The zero-order chi connectivity index (χ0) is 19.1. The second-order valence-corrected chi connectivity index (χ2v) is 7.70. The van der Waals surface area contributed by atoms with Crippen molar-refractivity contribution in [3.05, 3.63) is 29.3 Å². The molecular formula is C21H34N4O2. The lowest BCUT2D eigenvalue weighted by atomic mass is 10.1. The van der Waals surface area contributed by atoms with E-state index in [-0.39, 0.29) is 6.10 Å². The highest BCUT2D eigenvalue weighted by molar-refractivity contribution is 5.79. The molecule has 2 N–H and O–H groups in total. The van der Waals surface area contributed by atoms with Gasteiger partial charge in [0.15, 0.2) is 5.96 Å². The number of hydrogen-bond acceptors (Lipinski definition) is 4. The maximum absolute atomic E-state index is 6.07. The fraction of sp³-hybridized carbons (Fsp3) is 0.667. The molecule has 2 aliphatic rings. The maximum atomic E-state index is 6.07. The summed E-state index contributed by atoms with van der Waals surface area (Å²) in [5.41, 5.74) is 2.35. The molecule has 1 aromatic rings. The van der Waals surface area contributed by atoms with Gasteiger partial charge in [-0.2, -0.15) is 0 Å². The summed E-state index contributed by atoms with van der Waals surface area (Å²) in [6.07, 6.45) is 2.79. The monoisotopic (exact) mass is 374 g/mol. The molecule has 0 spiro atoms. The van der Waals surface area contributed by atoms with Gasteiger partial charge < -0.3 is 25.0 Å². The molecule has 2 fully saturated rings. The normalized spacial score (nSPS) is 21.1. The molecule has 3 rings (SSSR count). The lowest BCUT2D eigenvalue weighted by molar-refractivity contribution is -0.0161. The molecule has 0 radical (unpaired) electrons. The summed E-state index contributed by atoms with van der Waals surface area (Å²) >= 11 is 0. The highest BCUT2D eigenvalue weighted by Crippen LogP contribution is 2.30. The number of morpholine rings is 1. The minimum Gasteiger partial charge on any atom is -0.493 e. The molecule has 0 aromatic heterocycles. The van der Waals surface area contributed by atoms with Gasteiger partial charge in [0, 0.05) is 31.7 Å². The van der Waals surface area contributed by atoms with Crippen LogP contribution in [0.15, 0.2) is 23.2 Å². The zero-order valence-electron chi connectivity index (χ0n) is 17.0. The van der Waals surface area contributed by atoms with Crippen molar-refractivity contribution >= 4 is 5.96 Å². The summed E-state index contributed by atoms with van der Waals surface area (Å²) in [5.74, 6) is 2.54. The van der Waals surface area contributed by atoms with Gasteiger partial charge in [-0.25, -0.2) is 4.99 Å². The molecule has 150 valence electrons. The van der Waals surface area contributed by atoms with Crippen molar-refractivity contribution in [2.45, 2.75) is 39.3 Å². The average Bonchev–Trinajstić information content (AvgIpc) is 3.48. The van der Waals surface area contributed by atoms with E-state index in [0.29, 0.717) is 6.54 Å². The van der Waals surface area contributed by atoms with Crippen LogP contribution in [0, 0.1) is 12.8 Å². The van der Waals surface area contributed by atoms with E-state index in [9.17, 15) is 0 Å². The van der Waals surface area contributed by atoms with E-state index in [1.54, 1.807) is 0 Å². The van der Waals surface area contributed by atoms with Crippen LogP contribution in [0.25, 0.3) is 0 Å². The zero-order valence-corrected chi connectivity index (χ0v) is 17.0. The van der Waals surface area contributed by atoms with Gasteiger partial charge in [-0.1, -0.05) is 12.1 Å². The fourth-order valence-electron chi connectivity index (χ4n) is 3.13. The van der Waals surface area contributed by atoms with Crippen LogP contribution in [0.2, 0.25) is 0 Å². The van der Waals surface area contributed by atoms with Crippen LogP contribution < -0.4 is 15.4 Å². The molecule has 0 amide bonds. The van der Waals surface area contributed by atoms with E-state index in [4.69, 9.17) is 14.5 Å². The molecule has 1 aliphatic heterocycles. The first-order valence-corrected chi connectivity index (χ1v) is 10.2. The van der Waals surface area contributed by atoms with Crippen LogP contribution in [0.4, 0.5) is 0 Å². The van der Waals surface area contributed by atoms with Gasteiger partial charge in [0.05, 0.1) is 25.9 Å². The minimum atomic E-state index is 0.199. The van der Waals surface area contributed by atoms with Gasteiger partial charge in [-0.05, 0) is 51.3 Å². The van der Waals surface area contributed by atoms with Crippen molar-refractivity contribution in [2.75, 3.05) is 46.4 Å². The number of hydrogen-bond donors (Lipinski definition) is 2. The average molecular weight is 375 g/mol. The molecule has 1 aliphatic carbocycles. The standard InChI is InChI=1S/C21H34N4O2/c1-4-22-21(24-13-19-14-25(3)9-10-26-19)23-12-18-8-5-16(2)11-20(18)27-15-17-6-7-17/h5,8,11,17,19H,4,6-7,9-10,12-15H2,1-3H3,(H2,22,23,24). The highest BCUT2D eigenvalue weighted by atomic mass is 16.5. The van der Waals surface area contributed by atoms with E-state index >= 15 is 0 Å². The van der Waals surface area contributed by atoms with Crippen LogP contribution >= 0.6 is 0 Å². The number of guanidine groups is 1. The molecule has 1 saturated carbocycles. The third kappa shape index (κ3) is 6.70. The van der Waals surface area contributed by atoms with Gasteiger partial charge >= 0.3 is 0 Å². The fourth-order valence-corrected chi connectivity index (χ4v) is 3.13. The lowest BCUT2D eigenvalue weighted by Gasteiger charge is -2.30. The number of nitrogens with one attached hydrogen (secondary N) is 2. The smallest absolute Gasteiger partial charge is 0.191 e. The van der Waals surface area contributed by atoms with Gasteiger partial charge in [0.25, 0.3) is 0 Å². The largest absolute Gasteiger partial charge is 0.493 e. The van der Waals surface area contributed by atoms with Crippen molar-refractivity contribution < 1.29 is 9.47 Å². The van der Waals surface area contributed by atoms with Crippen molar-refractivity contribution in [1.29, 1.82) is 0 Å². The topological polar surface area (TPSA) is 58.1 Å². The molecule has 6 nitrogen and oxygen atoms in total. The molecule has 1 atom stereocenters. The van der Waals surface area contributed by atoms with Gasteiger partial charge in [-0.3, -0.25) is 0 Å². The van der Waals surface area contributed by atoms with Gasteiger partial charge in [-0.15, -0.1) is 0 Å². The van der Waals surface area contributed by atoms with E-state index in [1.165, 1.54) is 18.4 Å². The summed E-state index contributed by atoms with van der Waals surface area (Å²) in [4.78, 5) is 7.07. The quantitative estimate of drug-likeness (QED) is 0.539. The second kappa shape index (κ2) is 9.95. The third-order valence-electron chi connectivity index (χ3n) is 4.98. The summed E-state index contributed by atoms with van der Waals surface area (Å²) < 4.78 is 11.9. The third-order valence-corrected chi connectivity index (χ3v) is 4.98. The van der Waals surface area contributed by atoms with Crippen LogP contribution in [-0.4, -0.2) is 63.4 Å². The number of ether oxygens (including phenoxy) is 2. The first-order valence-electron chi connectivity index (χ1n) is 10.2. The Kier molecular flexibility index (Phi) is 7.35. The van der Waals surface area contributed by atoms with E-state index < -0.39 is 0 Å². The summed E-state index contributed by atoms with van der Waals surface area (Å²) in [7, 11) is 2.13.